The maximum absolute atomic E-state index is 5.71. The van der Waals surface area contributed by atoms with Crippen molar-refractivity contribution in [2.24, 2.45) is 5.73 Å². The molecule has 0 saturated heterocycles. The Morgan fingerprint density at radius 3 is 2.86 bits per heavy atom. The van der Waals surface area contributed by atoms with Crippen LogP contribution in [0.15, 0.2) is 36.0 Å². The SMILES string of the molecule is Cc1csc2c(N(C)Cc3cccc(CN)c3)ncnc12. The molecule has 3 rings (SSSR count). The number of aromatic nitrogens is 2. The predicted octanol–water partition coefficient (Wildman–Crippen LogP) is 3.09. The Morgan fingerprint density at radius 2 is 2.05 bits per heavy atom. The van der Waals surface area contributed by atoms with Crippen LogP contribution in [0.1, 0.15) is 16.7 Å². The largest absolute Gasteiger partial charge is 0.354 e. The zero-order valence-corrected chi connectivity index (χ0v) is 13.0. The van der Waals surface area contributed by atoms with Crippen molar-refractivity contribution in [2.45, 2.75) is 20.0 Å². The molecule has 108 valence electrons. The summed E-state index contributed by atoms with van der Waals surface area (Å²) in [5.41, 5.74) is 10.3. The highest BCUT2D eigenvalue weighted by atomic mass is 32.1. The van der Waals surface area contributed by atoms with Crippen LogP contribution in [0.3, 0.4) is 0 Å². The van der Waals surface area contributed by atoms with Gasteiger partial charge in [-0.3, -0.25) is 0 Å². The van der Waals surface area contributed by atoms with E-state index in [9.17, 15) is 0 Å². The quantitative estimate of drug-likeness (QED) is 0.804. The lowest BCUT2D eigenvalue weighted by molar-refractivity contribution is 0.897. The number of hydrogen-bond acceptors (Lipinski definition) is 5. The van der Waals surface area contributed by atoms with Crippen LogP contribution < -0.4 is 10.6 Å². The van der Waals surface area contributed by atoms with E-state index in [2.05, 4.69) is 58.5 Å². The second-order valence-corrected chi connectivity index (χ2v) is 6.05. The number of anilines is 1. The lowest BCUT2D eigenvalue weighted by Gasteiger charge is -2.19. The molecular formula is C16H18N4S. The first-order valence-electron chi connectivity index (χ1n) is 6.87. The Kier molecular flexibility index (Phi) is 3.86. The summed E-state index contributed by atoms with van der Waals surface area (Å²) in [4.78, 5) is 11.0. The second kappa shape index (κ2) is 5.79. The van der Waals surface area contributed by atoms with Gasteiger partial charge in [0.25, 0.3) is 0 Å². The van der Waals surface area contributed by atoms with Crippen LogP contribution in [0.5, 0.6) is 0 Å². The molecule has 0 radical (unpaired) electrons. The Bertz CT molecular complexity index is 766. The summed E-state index contributed by atoms with van der Waals surface area (Å²) < 4.78 is 1.15. The minimum atomic E-state index is 0.569. The average molecular weight is 298 g/mol. The van der Waals surface area contributed by atoms with Crippen LogP contribution in [0.2, 0.25) is 0 Å². The van der Waals surface area contributed by atoms with Gasteiger partial charge in [-0.2, -0.15) is 0 Å². The van der Waals surface area contributed by atoms with Crippen LogP contribution in [0, 0.1) is 6.92 Å². The average Bonchev–Trinajstić information content (AvgIpc) is 2.89. The molecule has 1 aromatic carbocycles. The summed E-state index contributed by atoms with van der Waals surface area (Å²) in [6.45, 7) is 3.46. The fourth-order valence-corrected chi connectivity index (χ4v) is 3.48. The van der Waals surface area contributed by atoms with Crippen molar-refractivity contribution in [3.8, 4) is 0 Å². The molecule has 0 unspecified atom stereocenters. The van der Waals surface area contributed by atoms with Crippen molar-refractivity contribution in [2.75, 3.05) is 11.9 Å². The molecule has 3 aromatic rings. The highest BCUT2D eigenvalue weighted by Crippen LogP contribution is 2.30. The topological polar surface area (TPSA) is 55.0 Å². The molecule has 5 heteroatoms. The maximum atomic E-state index is 5.71. The molecule has 2 aromatic heterocycles. The lowest BCUT2D eigenvalue weighted by Crippen LogP contribution is -2.18. The number of nitrogens with two attached hydrogens (primary N) is 1. The number of benzene rings is 1. The number of fused-ring (bicyclic) bond motifs is 1. The molecule has 0 aliphatic carbocycles. The minimum absolute atomic E-state index is 0.569. The normalized spacial score (nSPS) is 11.0. The molecule has 0 aliphatic heterocycles. The van der Waals surface area contributed by atoms with Crippen LogP contribution in [0.25, 0.3) is 10.2 Å². The summed E-state index contributed by atoms with van der Waals surface area (Å²) in [5, 5.41) is 2.13. The van der Waals surface area contributed by atoms with Gasteiger partial charge in [0.15, 0.2) is 0 Å². The van der Waals surface area contributed by atoms with Crippen LogP contribution >= 0.6 is 11.3 Å². The maximum Gasteiger partial charge on any atom is 0.150 e. The second-order valence-electron chi connectivity index (χ2n) is 5.17. The van der Waals surface area contributed by atoms with Crippen molar-refractivity contribution in [3.63, 3.8) is 0 Å². The lowest BCUT2D eigenvalue weighted by atomic mass is 10.1. The number of thiophene rings is 1. The van der Waals surface area contributed by atoms with E-state index in [1.54, 1.807) is 17.7 Å². The van der Waals surface area contributed by atoms with Crippen LogP contribution in [-0.4, -0.2) is 17.0 Å². The van der Waals surface area contributed by atoms with Gasteiger partial charge in [-0.15, -0.1) is 11.3 Å². The Hall–Kier alpha value is -1.98. The highest BCUT2D eigenvalue weighted by Gasteiger charge is 2.12. The van der Waals surface area contributed by atoms with Gasteiger partial charge in [-0.05, 0) is 29.0 Å². The zero-order valence-electron chi connectivity index (χ0n) is 12.2. The summed E-state index contributed by atoms with van der Waals surface area (Å²) in [6.07, 6.45) is 1.64. The summed E-state index contributed by atoms with van der Waals surface area (Å²) in [6, 6.07) is 8.37. The molecule has 4 nitrogen and oxygen atoms in total. The van der Waals surface area contributed by atoms with Crippen LogP contribution in [-0.2, 0) is 13.1 Å². The van der Waals surface area contributed by atoms with Gasteiger partial charge in [0.05, 0.1) is 10.2 Å². The third kappa shape index (κ3) is 2.75. The van der Waals surface area contributed by atoms with Crippen LogP contribution in [0.4, 0.5) is 5.82 Å². The fraction of sp³-hybridized carbons (Fsp3) is 0.250. The smallest absolute Gasteiger partial charge is 0.150 e. The van der Waals surface area contributed by atoms with Gasteiger partial charge in [0.2, 0.25) is 0 Å². The molecule has 0 atom stereocenters. The van der Waals surface area contributed by atoms with E-state index in [4.69, 9.17) is 5.73 Å². The van der Waals surface area contributed by atoms with Gasteiger partial charge in [0.1, 0.15) is 12.1 Å². The van der Waals surface area contributed by atoms with E-state index < -0.39 is 0 Å². The number of rotatable bonds is 4. The van der Waals surface area contributed by atoms with E-state index in [1.165, 1.54) is 11.1 Å². The van der Waals surface area contributed by atoms with Crippen molar-refractivity contribution in [3.05, 3.63) is 52.7 Å². The van der Waals surface area contributed by atoms with Gasteiger partial charge in [-0.25, -0.2) is 9.97 Å². The molecule has 0 aliphatic rings. The third-order valence-corrected chi connectivity index (χ3v) is 4.60. The third-order valence-electron chi connectivity index (χ3n) is 3.52. The molecule has 0 bridgehead atoms. The monoisotopic (exact) mass is 298 g/mol. The van der Waals surface area contributed by atoms with Gasteiger partial charge >= 0.3 is 0 Å². The first-order chi connectivity index (χ1) is 10.2. The van der Waals surface area contributed by atoms with E-state index >= 15 is 0 Å². The molecule has 0 fully saturated rings. The first-order valence-corrected chi connectivity index (χ1v) is 7.75. The molecular weight excluding hydrogens is 280 g/mol. The molecule has 2 heterocycles. The number of hydrogen-bond donors (Lipinski definition) is 1. The molecule has 0 spiro atoms. The molecule has 0 amide bonds. The Balaban J connectivity index is 1.91. The van der Waals surface area contributed by atoms with Gasteiger partial charge in [0, 0.05) is 20.1 Å². The van der Waals surface area contributed by atoms with Gasteiger partial charge in [-0.1, -0.05) is 24.3 Å². The standard InChI is InChI=1S/C16H18N4S/c1-11-9-21-15-14(11)18-10-19-16(15)20(2)8-13-5-3-4-12(6-13)7-17/h3-6,9-10H,7-8,17H2,1-2H3. The summed E-state index contributed by atoms with van der Waals surface area (Å²) in [5.74, 6) is 0.983. The van der Waals surface area contributed by atoms with E-state index in [0.717, 1.165) is 28.1 Å². The van der Waals surface area contributed by atoms with Crippen molar-refractivity contribution < 1.29 is 0 Å². The van der Waals surface area contributed by atoms with Gasteiger partial charge < -0.3 is 10.6 Å². The fourth-order valence-electron chi connectivity index (χ4n) is 2.43. The van der Waals surface area contributed by atoms with Crippen molar-refractivity contribution >= 4 is 27.4 Å². The minimum Gasteiger partial charge on any atom is -0.354 e. The zero-order chi connectivity index (χ0) is 14.8. The van der Waals surface area contributed by atoms with E-state index in [-0.39, 0.29) is 0 Å². The summed E-state index contributed by atoms with van der Waals surface area (Å²) >= 11 is 1.70. The van der Waals surface area contributed by atoms with Crippen molar-refractivity contribution in [1.29, 1.82) is 0 Å². The van der Waals surface area contributed by atoms with E-state index in [1.807, 2.05) is 0 Å². The van der Waals surface area contributed by atoms with E-state index in [0.29, 0.717) is 6.54 Å². The molecule has 0 saturated carbocycles. The predicted molar refractivity (Wildman–Crippen MR) is 88.6 cm³/mol. The molecule has 21 heavy (non-hydrogen) atoms. The Labute approximate surface area is 128 Å². The molecule has 2 N–H and O–H groups in total. The highest BCUT2D eigenvalue weighted by molar-refractivity contribution is 7.18. The number of nitrogens with zero attached hydrogens (tertiary/aromatic N) is 3. The Morgan fingerprint density at radius 1 is 1.24 bits per heavy atom. The first kappa shape index (κ1) is 14.0. The van der Waals surface area contributed by atoms with Crippen molar-refractivity contribution in [1.82, 2.24) is 9.97 Å². The number of aryl methyl sites for hydroxylation is 1. The summed E-state index contributed by atoms with van der Waals surface area (Å²) in [7, 11) is 2.06.